The number of benzene rings is 3. The Hall–Kier alpha value is -2.83. The lowest BCUT2D eigenvalue weighted by Gasteiger charge is -2.38. The summed E-state index contributed by atoms with van der Waals surface area (Å²) < 4.78 is 30.6. The van der Waals surface area contributed by atoms with Crippen molar-refractivity contribution >= 4 is 40.6 Å². The Balaban J connectivity index is 1.69. The van der Waals surface area contributed by atoms with E-state index in [1.807, 2.05) is 30.3 Å². The van der Waals surface area contributed by atoms with E-state index in [1.54, 1.807) is 46.2 Å². The molecule has 0 unspecified atom stereocenters. The molecule has 2 atom stereocenters. The van der Waals surface area contributed by atoms with E-state index in [2.05, 4.69) is 4.74 Å². The summed E-state index contributed by atoms with van der Waals surface area (Å²) in [7, 11) is 0. The van der Waals surface area contributed by atoms with Crippen molar-refractivity contribution in [3.05, 3.63) is 88.4 Å². The minimum absolute atomic E-state index is 0.0657. The SMILES string of the molecule is O=C1N(c2ccc(Cl)cc2)[C@H]2CCC[C@@]2(c2cccc(OC(F)F)c2)N1c1ccc(Cl)cc1. The minimum atomic E-state index is -2.93. The maximum atomic E-state index is 14.0. The van der Waals surface area contributed by atoms with Crippen LogP contribution in [-0.4, -0.2) is 18.7 Å². The molecule has 0 aromatic heterocycles. The van der Waals surface area contributed by atoms with Crippen molar-refractivity contribution in [2.45, 2.75) is 37.5 Å². The van der Waals surface area contributed by atoms with E-state index in [9.17, 15) is 13.6 Å². The van der Waals surface area contributed by atoms with E-state index in [0.29, 0.717) is 22.2 Å². The van der Waals surface area contributed by atoms with Crippen LogP contribution in [0, 0.1) is 0 Å². The average molecular weight is 489 g/mol. The highest BCUT2D eigenvalue weighted by atomic mass is 35.5. The minimum Gasteiger partial charge on any atom is -0.435 e. The summed E-state index contributed by atoms with van der Waals surface area (Å²) in [4.78, 5) is 17.5. The standard InChI is InChI=1S/C25H20Cl2F2N2O2/c26-17-6-10-19(11-7-17)30-22-5-2-14-25(22,16-3-1-4-21(15-16)33-23(28)29)31(24(30)32)20-12-8-18(27)9-13-20/h1,3-4,6-13,15,22-23H,2,5,14H2/t22-,25-/m0/s1. The maximum absolute atomic E-state index is 14.0. The molecule has 8 heteroatoms. The molecular formula is C25H20Cl2F2N2O2. The van der Waals surface area contributed by atoms with E-state index in [0.717, 1.165) is 24.1 Å². The lowest BCUT2D eigenvalue weighted by Crippen LogP contribution is -2.46. The normalized spacial score (nSPS) is 22.2. The number of fused-ring (bicyclic) bond motifs is 1. The predicted molar refractivity (Wildman–Crippen MR) is 126 cm³/mol. The summed E-state index contributed by atoms with van der Waals surface area (Å²) in [5.74, 6) is 0.0657. The van der Waals surface area contributed by atoms with Crippen molar-refractivity contribution in [3.8, 4) is 5.75 Å². The summed E-state index contributed by atoms with van der Waals surface area (Å²) in [5.41, 5.74) is 1.42. The van der Waals surface area contributed by atoms with Gasteiger partial charge in [-0.2, -0.15) is 8.78 Å². The molecule has 1 aliphatic carbocycles. The summed E-state index contributed by atoms with van der Waals surface area (Å²) >= 11 is 12.2. The number of urea groups is 1. The van der Waals surface area contributed by atoms with Gasteiger partial charge in [0.05, 0.1) is 11.6 Å². The van der Waals surface area contributed by atoms with Gasteiger partial charge in [0.25, 0.3) is 0 Å². The molecule has 0 spiro atoms. The van der Waals surface area contributed by atoms with Crippen molar-refractivity contribution in [3.63, 3.8) is 0 Å². The van der Waals surface area contributed by atoms with Gasteiger partial charge in [-0.3, -0.25) is 9.80 Å². The van der Waals surface area contributed by atoms with Crippen molar-refractivity contribution in [1.82, 2.24) is 0 Å². The zero-order chi connectivity index (χ0) is 23.2. The monoisotopic (exact) mass is 488 g/mol. The van der Waals surface area contributed by atoms with Gasteiger partial charge in [-0.25, -0.2) is 4.79 Å². The molecule has 5 rings (SSSR count). The fourth-order valence-corrected chi connectivity index (χ4v) is 5.47. The molecule has 1 heterocycles. The van der Waals surface area contributed by atoms with Gasteiger partial charge >= 0.3 is 12.6 Å². The Bertz CT molecular complexity index is 1170. The predicted octanol–water partition coefficient (Wildman–Crippen LogP) is 7.49. The Morgan fingerprint density at radius 2 is 1.58 bits per heavy atom. The molecule has 0 bridgehead atoms. The van der Waals surface area contributed by atoms with Crippen LogP contribution in [0.1, 0.15) is 24.8 Å². The van der Waals surface area contributed by atoms with Crippen LogP contribution in [0.4, 0.5) is 25.0 Å². The van der Waals surface area contributed by atoms with Gasteiger partial charge in [0.15, 0.2) is 0 Å². The van der Waals surface area contributed by atoms with Crippen LogP contribution >= 0.6 is 23.2 Å². The fourth-order valence-electron chi connectivity index (χ4n) is 5.22. The molecule has 2 fully saturated rings. The maximum Gasteiger partial charge on any atom is 0.387 e. The van der Waals surface area contributed by atoms with E-state index >= 15 is 0 Å². The highest BCUT2D eigenvalue weighted by Crippen LogP contribution is 2.54. The Labute approximate surface area is 200 Å². The van der Waals surface area contributed by atoms with Crippen molar-refractivity contribution in [2.24, 2.45) is 0 Å². The average Bonchev–Trinajstić information content (AvgIpc) is 3.31. The van der Waals surface area contributed by atoms with Crippen LogP contribution in [0.2, 0.25) is 10.0 Å². The van der Waals surface area contributed by atoms with Crippen molar-refractivity contribution in [1.29, 1.82) is 0 Å². The number of anilines is 2. The molecule has 3 aromatic rings. The second-order valence-corrected chi connectivity index (χ2v) is 9.05. The number of carbonyl (C=O) groups excluding carboxylic acids is 1. The Morgan fingerprint density at radius 3 is 2.21 bits per heavy atom. The lowest BCUT2D eigenvalue weighted by atomic mass is 9.83. The van der Waals surface area contributed by atoms with E-state index < -0.39 is 12.2 Å². The second-order valence-electron chi connectivity index (χ2n) is 8.18. The van der Waals surface area contributed by atoms with Gasteiger partial charge < -0.3 is 4.74 Å². The topological polar surface area (TPSA) is 32.8 Å². The zero-order valence-corrected chi connectivity index (χ0v) is 18.9. The molecule has 2 aliphatic rings. The molecule has 0 N–H and O–H groups in total. The third-order valence-electron chi connectivity index (χ3n) is 6.44. The van der Waals surface area contributed by atoms with Crippen LogP contribution in [0.25, 0.3) is 0 Å². The number of halogens is 4. The van der Waals surface area contributed by atoms with Gasteiger partial charge in [0, 0.05) is 21.4 Å². The van der Waals surface area contributed by atoms with Crippen LogP contribution < -0.4 is 14.5 Å². The molecule has 1 saturated heterocycles. The molecule has 3 aromatic carbocycles. The van der Waals surface area contributed by atoms with E-state index in [4.69, 9.17) is 23.2 Å². The van der Waals surface area contributed by atoms with Gasteiger partial charge in [0.1, 0.15) is 5.75 Å². The molecule has 0 radical (unpaired) electrons. The third kappa shape index (κ3) is 3.71. The van der Waals surface area contributed by atoms with E-state index in [1.165, 1.54) is 6.07 Å². The zero-order valence-electron chi connectivity index (χ0n) is 17.4. The first-order chi connectivity index (χ1) is 15.9. The van der Waals surface area contributed by atoms with Gasteiger partial charge in [-0.05, 0) is 85.5 Å². The number of rotatable bonds is 5. The Kier molecular flexibility index (Phi) is 5.67. The van der Waals surface area contributed by atoms with Crippen molar-refractivity contribution in [2.75, 3.05) is 9.80 Å². The summed E-state index contributed by atoms with van der Waals surface area (Å²) in [6.45, 7) is -2.93. The number of alkyl halides is 2. The first kappa shape index (κ1) is 22.0. The number of carbonyl (C=O) groups is 1. The van der Waals surface area contributed by atoms with Crippen molar-refractivity contribution < 1.29 is 18.3 Å². The summed E-state index contributed by atoms with van der Waals surface area (Å²) in [6, 6.07) is 20.5. The third-order valence-corrected chi connectivity index (χ3v) is 6.95. The molecular weight excluding hydrogens is 469 g/mol. The lowest BCUT2D eigenvalue weighted by molar-refractivity contribution is -0.0499. The first-order valence-corrected chi connectivity index (χ1v) is 11.4. The van der Waals surface area contributed by atoms with Gasteiger partial charge in [-0.15, -0.1) is 0 Å². The fraction of sp³-hybridized carbons (Fsp3) is 0.240. The quantitative estimate of drug-likeness (QED) is 0.372. The summed E-state index contributed by atoms with van der Waals surface area (Å²) in [6.07, 6.45) is 2.30. The highest BCUT2D eigenvalue weighted by molar-refractivity contribution is 6.31. The van der Waals surface area contributed by atoms with Crippen LogP contribution in [0.5, 0.6) is 5.75 Å². The number of nitrogens with zero attached hydrogens (tertiary/aromatic N) is 2. The van der Waals surface area contributed by atoms with Gasteiger partial charge in [-0.1, -0.05) is 35.3 Å². The molecule has 33 heavy (non-hydrogen) atoms. The Morgan fingerprint density at radius 1 is 0.939 bits per heavy atom. The summed E-state index contributed by atoms with van der Waals surface area (Å²) in [5, 5.41) is 1.14. The van der Waals surface area contributed by atoms with Crippen LogP contribution in [0.15, 0.2) is 72.8 Å². The van der Waals surface area contributed by atoms with Crippen LogP contribution in [-0.2, 0) is 5.54 Å². The molecule has 4 nitrogen and oxygen atoms in total. The number of amides is 2. The number of hydrogen-bond acceptors (Lipinski definition) is 2. The smallest absolute Gasteiger partial charge is 0.387 e. The highest BCUT2D eigenvalue weighted by Gasteiger charge is 2.61. The number of ether oxygens (including phenoxy) is 1. The molecule has 1 saturated carbocycles. The van der Waals surface area contributed by atoms with Crippen LogP contribution in [0.3, 0.4) is 0 Å². The van der Waals surface area contributed by atoms with Gasteiger partial charge in [0.2, 0.25) is 0 Å². The largest absolute Gasteiger partial charge is 0.435 e. The van der Waals surface area contributed by atoms with E-state index in [-0.39, 0.29) is 17.8 Å². The first-order valence-electron chi connectivity index (χ1n) is 10.6. The second kappa shape index (κ2) is 8.50. The molecule has 1 aliphatic heterocycles. The molecule has 170 valence electrons. The molecule has 2 amide bonds. The number of hydrogen-bond donors (Lipinski definition) is 0.